The van der Waals surface area contributed by atoms with Crippen LogP contribution >= 0.6 is 0 Å². The Labute approximate surface area is 186 Å². The van der Waals surface area contributed by atoms with E-state index in [2.05, 4.69) is 0 Å². The molecule has 0 amide bonds. The molecule has 0 aliphatic heterocycles. The van der Waals surface area contributed by atoms with Crippen molar-refractivity contribution < 1.29 is 18.7 Å². The van der Waals surface area contributed by atoms with Crippen LogP contribution in [0.3, 0.4) is 0 Å². The predicted molar refractivity (Wildman–Crippen MR) is 123 cm³/mol. The Balaban J connectivity index is 1.72. The zero-order valence-corrected chi connectivity index (χ0v) is 18.1. The van der Waals surface area contributed by atoms with Gasteiger partial charge in [-0.05, 0) is 35.4 Å². The average molecular weight is 432 g/mol. The molecule has 4 rings (SSSR count). The summed E-state index contributed by atoms with van der Waals surface area (Å²) in [6.07, 6.45) is 2.08. The van der Waals surface area contributed by atoms with Gasteiger partial charge >= 0.3 is 5.97 Å². The smallest absolute Gasteiger partial charge is 0.310 e. The molecular weight excluding hydrogens is 407 g/mol. The van der Waals surface area contributed by atoms with Gasteiger partial charge in [0.2, 0.25) is 0 Å². The molecule has 2 N–H and O–H groups in total. The molecule has 5 nitrogen and oxygen atoms in total. The molecule has 0 aliphatic rings. The van der Waals surface area contributed by atoms with Crippen molar-refractivity contribution in [2.45, 2.75) is 19.6 Å². The number of ether oxygens (including phenoxy) is 2. The second kappa shape index (κ2) is 9.24. The number of aromatic nitrogens is 1. The largest absolute Gasteiger partial charge is 0.489 e. The molecule has 4 aromatic rings. The van der Waals surface area contributed by atoms with Crippen LogP contribution in [-0.4, -0.2) is 17.6 Å². The Morgan fingerprint density at radius 1 is 1.03 bits per heavy atom. The third-order valence-corrected chi connectivity index (χ3v) is 5.58. The number of esters is 1. The van der Waals surface area contributed by atoms with Crippen molar-refractivity contribution >= 4 is 16.9 Å². The van der Waals surface area contributed by atoms with Crippen LogP contribution in [0.15, 0.2) is 66.9 Å². The first-order chi connectivity index (χ1) is 15.5. The zero-order chi connectivity index (χ0) is 22.7. The number of halogens is 1. The maximum absolute atomic E-state index is 15.1. The molecule has 0 bridgehead atoms. The van der Waals surface area contributed by atoms with Gasteiger partial charge in [0.25, 0.3) is 0 Å². The molecule has 0 aliphatic carbocycles. The van der Waals surface area contributed by atoms with Crippen LogP contribution in [0, 0.1) is 5.82 Å². The molecule has 32 heavy (non-hydrogen) atoms. The van der Waals surface area contributed by atoms with E-state index in [1.54, 1.807) is 12.1 Å². The molecule has 0 atom stereocenters. The first kappa shape index (κ1) is 21.6. The lowest BCUT2D eigenvalue weighted by atomic mass is 9.97. The van der Waals surface area contributed by atoms with Crippen LogP contribution in [0.2, 0.25) is 0 Å². The summed E-state index contributed by atoms with van der Waals surface area (Å²) in [5.41, 5.74) is 10.1. The van der Waals surface area contributed by atoms with Gasteiger partial charge in [-0.3, -0.25) is 4.79 Å². The van der Waals surface area contributed by atoms with Crippen molar-refractivity contribution in [1.82, 2.24) is 4.57 Å². The monoisotopic (exact) mass is 432 g/mol. The highest BCUT2D eigenvalue weighted by Crippen LogP contribution is 2.34. The number of para-hydroxylation sites is 1. The molecule has 6 heteroatoms. The summed E-state index contributed by atoms with van der Waals surface area (Å²) in [7, 11) is 3.32. The van der Waals surface area contributed by atoms with Gasteiger partial charge < -0.3 is 19.8 Å². The van der Waals surface area contributed by atoms with E-state index < -0.39 is 0 Å². The van der Waals surface area contributed by atoms with E-state index >= 15 is 4.39 Å². The number of benzene rings is 3. The van der Waals surface area contributed by atoms with E-state index in [9.17, 15) is 4.79 Å². The van der Waals surface area contributed by atoms with E-state index in [0.717, 1.165) is 27.6 Å². The summed E-state index contributed by atoms with van der Waals surface area (Å²) >= 11 is 0. The number of fused-ring (bicyclic) bond motifs is 1. The number of nitrogens with zero attached hydrogens (tertiary/aromatic N) is 1. The minimum absolute atomic E-state index is 0.131. The number of carbonyl (C=O) groups is 1. The van der Waals surface area contributed by atoms with Gasteiger partial charge in [0, 0.05) is 47.4 Å². The Morgan fingerprint density at radius 3 is 2.59 bits per heavy atom. The molecule has 0 saturated heterocycles. The van der Waals surface area contributed by atoms with Crippen LogP contribution in [-0.2, 0) is 36.2 Å². The summed E-state index contributed by atoms with van der Waals surface area (Å²) in [5.74, 6) is -0.0202. The molecule has 0 unspecified atom stereocenters. The van der Waals surface area contributed by atoms with Gasteiger partial charge in [0.15, 0.2) is 0 Å². The van der Waals surface area contributed by atoms with Gasteiger partial charge in [0.05, 0.1) is 13.5 Å². The molecule has 164 valence electrons. The van der Waals surface area contributed by atoms with Crippen molar-refractivity contribution in [3.05, 3.63) is 89.4 Å². The van der Waals surface area contributed by atoms with Crippen LogP contribution in [0.1, 0.15) is 16.7 Å². The van der Waals surface area contributed by atoms with Crippen molar-refractivity contribution in [3.8, 4) is 16.9 Å². The van der Waals surface area contributed by atoms with E-state index in [0.29, 0.717) is 16.9 Å². The van der Waals surface area contributed by atoms with Gasteiger partial charge in [-0.2, -0.15) is 0 Å². The van der Waals surface area contributed by atoms with E-state index in [-0.39, 0.29) is 31.4 Å². The Kier molecular flexibility index (Phi) is 6.23. The third kappa shape index (κ3) is 4.22. The fourth-order valence-electron chi connectivity index (χ4n) is 3.86. The average Bonchev–Trinajstić information content (AvgIpc) is 3.19. The quantitative estimate of drug-likeness (QED) is 0.429. The molecule has 0 radical (unpaired) electrons. The van der Waals surface area contributed by atoms with Gasteiger partial charge in [-0.15, -0.1) is 0 Å². The number of aryl methyl sites for hydroxylation is 1. The zero-order valence-electron chi connectivity index (χ0n) is 18.1. The first-order valence-corrected chi connectivity index (χ1v) is 10.3. The Morgan fingerprint density at radius 2 is 1.81 bits per heavy atom. The summed E-state index contributed by atoms with van der Waals surface area (Å²) < 4.78 is 28.0. The van der Waals surface area contributed by atoms with Crippen LogP contribution in [0.25, 0.3) is 22.0 Å². The van der Waals surface area contributed by atoms with Gasteiger partial charge in [-0.1, -0.05) is 36.4 Å². The molecular formula is C26H25FN2O3. The lowest BCUT2D eigenvalue weighted by Crippen LogP contribution is -2.07. The minimum atomic E-state index is -0.330. The van der Waals surface area contributed by atoms with E-state index in [1.807, 2.05) is 66.3 Å². The summed E-state index contributed by atoms with van der Waals surface area (Å²) in [6, 6.07) is 18.6. The molecule has 1 aromatic heterocycles. The Bertz CT molecular complexity index is 1280. The fraction of sp³-hybridized carbons (Fsp3) is 0.192. The van der Waals surface area contributed by atoms with Gasteiger partial charge in [0.1, 0.15) is 18.2 Å². The highest BCUT2D eigenvalue weighted by Gasteiger charge is 2.15. The van der Waals surface area contributed by atoms with Crippen LogP contribution in [0.4, 0.5) is 4.39 Å². The topological polar surface area (TPSA) is 66.5 Å². The maximum Gasteiger partial charge on any atom is 0.310 e. The number of nitrogens with two attached hydrogens (primary N) is 1. The molecule has 1 heterocycles. The van der Waals surface area contributed by atoms with Crippen molar-refractivity contribution in [2.24, 2.45) is 12.8 Å². The minimum Gasteiger partial charge on any atom is -0.489 e. The van der Waals surface area contributed by atoms with Crippen molar-refractivity contribution in [3.63, 3.8) is 0 Å². The lowest BCUT2D eigenvalue weighted by Gasteiger charge is -2.14. The molecule has 0 saturated carbocycles. The Hall–Kier alpha value is -3.64. The number of hydrogen-bond acceptors (Lipinski definition) is 4. The lowest BCUT2D eigenvalue weighted by molar-refractivity contribution is -0.139. The van der Waals surface area contributed by atoms with E-state index in [4.69, 9.17) is 15.2 Å². The fourth-order valence-corrected chi connectivity index (χ4v) is 3.86. The molecule has 0 spiro atoms. The molecule has 0 fully saturated rings. The maximum atomic E-state index is 15.1. The first-order valence-electron chi connectivity index (χ1n) is 10.3. The van der Waals surface area contributed by atoms with Crippen molar-refractivity contribution in [2.75, 3.05) is 7.11 Å². The number of methoxy groups -OCH3 is 1. The second-order valence-corrected chi connectivity index (χ2v) is 7.63. The van der Waals surface area contributed by atoms with Gasteiger partial charge in [-0.25, -0.2) is 4.39 Å². The number of hydrogen-bond donors (Lipinski definition) is 1. The summed E-state index contributed by atoms with van der Waals surface area (Å²) in [4.78, 5) is 11.7. The summed E-state index contributed by atoms with van der Waals surface area (Å²) in [5, 5.41) is 0.954. The van der Waals surface area contributed by atoms with Crippen molar-refractivity contribution in [1.29, 1.82) is 0 Å². The number of rotatable bonds is 7. The third-order valence-electron chi connectivity index (χ3n) is 5.58. The number of carbonyl (C=O) groups excluding carboxylic acids is 1. The highest BCUT2D eigenvalue weighted by atomic mass is 19.1. The van der Waals surface area contributed by atoms with E-state index in [1.165, 1.54) is 7.11 Å². The van der Waals surface area contributed by atoms with Crippen LogP contribution in [0.5, 0.6) is 5.75 Å². The van der Waals surface area contributed by atoms with Crippen LogP contribution < -0.4 is 10.5 Å². The standard InChI is InChI=1S/C26H25FN2O3/c1-29-11-10-20-22(21-8-5-7-19(15-28)26(21)27)12-17(13-23(20)29)16-32-24-9-4-3-6-18(24)14-25(30)31-2/h3-13H,14-16,28H2,1-2H3. The highest BCUT2D eigenvalue weighted by molar-refractivity contribution is 5.96. The predicted octanol–water partition coefficient (Wildman–Crippen LogP) is 4.74. The second-order valence-electron chi connectivity index (χ2n) is 7.63. The molecule has 3 aromatic carbocycles. The normalized spacial score (nSPS) is 11.0. The SMILES string of the molecule is COC(=O)Cc1ccccc1OCc1cc(-c2cccc(CN)c2F)c2ccn(C)c2c1. The summed E-state index contributed by atoms with van der Waals surface area (Å²) in [6.45, 7) is 0.405.